The zero-order chi connectivity index (χ0) is 24.8. The highest BCUT2D eigenvalue weighted by molar-refractivity contribution is 6.04. The summed E-state index contributed by atoms with van der Waals surface area (Å²) in [6.07, 6.45) is 3.33. The number of methoxy groups -OCH3 is 3. The van der Waals surface area contributed by atoms with Crippen molar-refractivity contribution >= 4 is 11.7 Å². The van der Waals surface area contributed by atoms with Crippen LogP contribution in [-0.2, 0) is 13.1 Å². The van der Waals surface area contributed by atoms with Crippen molar-refractivity contribution in [3.63, 3.8) is 0 Å². The van der Waals surface area contributed by atoms with Gasteiger partial charge in [-0.1, -0.05) is 12.1 Å². The number of benzene rings is 2. The first kappa shape index (κ1) is 23.6. The Hall–Kier alpha value is -4.53. The van der Waals surface area contributed by atoms with Gasteiger partial charge in [-0.05, 0) is 42.0 Å². The Morgan fingerprint density at radius 2 is 1.63 bits per heavy atom. The van der Waals surface area contributed by atoms with E-state index in [0.29, 0.717) is 29.3 Å². The molecule has 180 valence electrons. The van der Waals surface area contributed by atoms with Crippen LogP contribution in [0.5, 0.6) is 17.2 Å². The van der Waals surface area contributed by atoms with E-state index < -0.39 is 0 Å². The van der Waals surface area contributed by atoms with Crippen molar-refractivity contribution in [3.8, 4) is 28.5 Å². The number of anilines is 1. The number of pyridine rings is 1. The molecular weight excluding hydrogens is 446 g/mol. The molecule has 0 aliphatic rings. The molecular formula is C26H27N5O4. The molecule has 0 unspecified atom stereocenters. The number of hydrogen-bond donors (Lipinski definition) is 2. The van der Waals surface area contributed by atoms with Gasteiger partial charge in [0.2, 0.25) is 0 Å². The fourth-order valence-corrected chi connectivity index (χ4v) is 3.79. The van der Waals surface area contributed by atoms with E-state index in [1.165, 1.54) is 0 Å². The Kier molecular flexibility index (Phi) is 7.15. The van der Waals surface area contributed by atoms with Gasteiger partial charge in [-0.25, -0.2) is 0 Å². The molecule has 0 aliphatic carbocycles. The number of nitrogens with two attached hydrogens (primary N) is 1. The highest BCUT2D eigenvalue weighted by atomic mass is 16.5. The van der Waals surface area contributed by atoms with E-state index in [0.717, 1.165) is 22.4 Å². The Balaban J connectivity index is 1.65. The number of carbonyl (C=O) groups is 1. The highest BCUT2D eigenvalue weighted by Gasteiger charge is 2.24. The summed E-state index contributed by atoms with van der Waals surface area (Å²) in [6, 6.07) is 16.7. The van der Waals surface area contributed by atoms with Crippen molar-refractivity contribution in [1.82, 2.24) is 20.1 Å². The third-order valence-electron chi connectivity index (χ3n) is 5.59. The number of ether oxygens (including phenoxy) is 3. The largest absolute Gasteiger partial charge is 0.497 e. The zero-order valence-corrected chi connectivity index (χ0v) is 19.8. The quantitative estimate of drug-likeness (QED) is 0.382. The third-order valence-corrected chi connectivity index (χ3v) is 5.59. The molecule has 9 nitrogen and oxygen atoms in total. The number of rotatable bonds is 9. The maximum Gasteiger partial charge on any atom is 0.257 e. The SMILES string of the molecule is COc1ccc(Cn2nc(N)c(C(=O)NCc3ccc(OC)cc3OC)c2-c2ccncc2)cc1. The third kappa shape index (κ3) is 5.19. The first-order valence-electron chi connectivity index (χ1n) is 10.9. The molecule has 2 heterocycles. The molecule has 0 bridgehead atoms. The molecule has 0 atom stereocenters. The first-order chi connectivity index (χ1) is 17.0. The van der Waals surface area contributed by atoms with Gasteiger partial charge in [0.1, 0.15) is 22.8 Å². The average Bonchev–Trinajstić information content (AvgIpc) is 3.23. The lowest BCUT2D eigenvalue weighted by Gasteiger charge is -2.13. The molecule has 0 saturated carbocycles. The second-order valence-electron chi connectivity index (χ2n) is 7.71. The Morgan fingerprint density at radius 3 is 2.29 bits per heavy atom. The molecule has 3 N–H and O–H groups in total. The summed E-state index contributed by atoms with van der Waals surface area (Å²) in [5, 5.41) is 7.44. The van der Waals surface area contributed by atoms with Crippen LogP contribution in [-0.4, -0.2) is 42.0 Å². The number of aromatic nitrogens is 3. The number of hydrogen-bond acceptors (Lipinski definition) is 7. The van der Waals surface area contributed by atoms with Crippen molar-refractivity contribution in [3.05, 3.63) is 83.7 Å². The minimum atomic E-state index is -0.340. The Morgan fingerprint density at radius 1 is 0.943 bits per heavy atom. The van der Waals surface area contributed by atoms with Crippen molar-refractivity contribution in [2.75, 3.05) is 27.1 Å². The molecule has 4 rings (SSSR count). The molecule has 35 heavy (non-hydrogen) atoms. The summed E-state index contributed by atoms with van der Waals surface area (Å²) >= 11 is 0. The number of amides is 1. The van der Waals surface area contributed by atoms with Gasteiger partial charge in [-0.2, -0.15) is 5.10 Å². The van der Waals surface area contributed by atoms with Crippen molar-refractivity contribution < 1.29 is 19.0 Å². The molecule has 0 spiro atoms. The van der Waals surface area contributed by atoms with E-state index in [1.54, 1.807) is 44.5 Å². The van der Waals surface area contributed by atoms with Crippen molar-refractivity contribution in [1.29, 1.82) is 0 Å². The van der Waals surface area contributed by atoms with Crippen LogP contribution in [0.4, 0.5) is 5.82 Å². The standard InChI is InChI=1S/C26H27N5O4/c1-33-20-7-4-17(5-8-20)16-31-24(18-10-12-28-13-11-18)23(25(27)30-31)26(32)29-15-19-6-9-21(34-2)14-22(19)35-3/h4-14H,15-16H2,1-3H3,(H2,27,30)(H,29,32). The molecule has 0 saturated heterocycles. The van der Waals surface area contributed by atoms with Gasteiger partial charge in [0, 0.05) is 36.1 Å². The Labute approximate surface area is 203 Å². The molecule has 4 aromatic rings. The van der Waals surface area contributed by atoms with Crippen LogP contribution in [0, 0.1) is 0 Å². The summed E-state index contributed by atoms with van der Waals surface area (Å²) in [6.45, 7) is 0.663. The maximum atomic E-state index is 13.4. The first-order valence-corrected chi connectivity index (χ1v) is 10.9. The second-order valence-corrected chi connectivity index (χ2v) is 7.71. The summed E-state index contributed by atoms with van der Waals surface area (Å²) in [7, 11) is 4.78. The minimum Gasteiger partial charge on any atom is -0.497 e. The van der Waals surface area contributed by atoms with Crippen LogP contribution in [0.2, 0.25) is 0 Å². The van der Waals surface area contributed by atoms with Crippen molar-refractivity contribution in [2.24, 2.45) is 0 Å². The fourth-order valence-electron chi connectivity index (χ4n) is 3.79. The molecule has 9 heteroatoms. The number of nitrogens with one attached hydrogen (secondary N) is 1. The van der Waals surface area contributed by atoms with E-state index in [4.69, 9.17) is 19.9 Å². The van der Waals surface area contributed by atoms with Crippen LogP contribution in [0.1, 0.15) is 21.5 Å². The minimum absolute atomic E-state index is 0.143. The maximum absolute atomic E-state index is 13.4. The van der Waals surface area contributed by atoms with Gasteiger partial charge in [0.15, 0.2) is 5.82 Å². The van der Waals surface area contributed by atoms with Gasteiger partial charge in [0.25, 0.3) is 5.91 Å². The normalized spacial score (nSPS) is 10.6. The number of nitrogens with zero attached hydrogens (tertiary/aromatic N) is 3. The van der Waals surface area contributed by atoms with Gasteiger partial charge in [-0.15, -0.1) is 0 Å². The number of nitrogen functional groups attached to an aromatic ring is 1. The molecule has 2 aromatic heterocycles. The fraction of sp³-hybridized carbons (Fsp3) is 0.192. The topological polar surface area (TPSA) is 114 Å². The summed E-state index contributed by atoms with van der Waals surface area (Å²) in [4.78, 5) is 17.5. The highest BCUT2D eigenvalue weighted by Crippen LogP contribution is 2.29. The predicted molar refractivity (Wildman–Crippen MR) is 133 cm³/mol. The molecule has 0 fully saturated rings. The van der Waals surface area contributed by atoms with Gasteiger partial charge in [-0.3, -0.25) is 14.5 Å². The summed E-state index contributed by atoms with van der Waals surface area (Å²) in [5.41, 5.74) is 9.76. The van der Waals surface area contributed by atoms with Crippen molar-refractivity contribution in [2.45, 2.75) is 13.1 Å². The predicted octanol–water partition coefficient (Wildman–Crippen LogP) is 3.53. The molecule has 0 aliphatic heterocycles. The summed E-state index contributed by atoms with van der Waals surface area (Å²) in [5.74, 6) is 1.85. The monoisotopic (exact) mass is 473 g/mol. The lowest BCUT2D eigenvalue weighted by molar-refractivity contribution is 0.0952. The van der Waals surface area contributed by atoms with Crippen LogP contribution in [0.3, 0.4) is 0 Å². The number of carbonyl (C=O) groups excluding carboxylic acids is 1. The van der Waals surface area contributed by atoms with Gasteiger partial charge >= 0.3 is 0 Å². The van der Waals surface area contributed by atoms with E-state index >= 15 is 0 Å². The molecule has 0 radical (unpaired) electrons. The lowest BCUT2D eigenvalue weighted by atomic mass is 10.1. The average molecular weight is 474 g/mol. The second kappa shape index (κ2) is 10.6. The smallest absolute Gasteiger partial charge is 0.257 e. The zero-order valence-electron chi connectivity index (χ0n) is 19.8. The molecule has 2 aromatic carbocycles. The van der Waals surface area contributed by atoms with Crippen LogP contribution >= 0.6 is 0 Å². The van der Waals surface area contributed by atoms with E-state index in [1.807, 2.05) is 48.5 Å². The van der Waals surface area contributed by atoms with E-state index in [9.17, 15) is 4.79 Å². The van der Waals surface area contributed by atoms with Gasteiger partial charge in [0.05, 0.1) is 33.6 Å². The molecule has 1 amide bonds. The van der Waals surface area contributed by atoms with Crippen LogP contribution < -0.4 is 25.3 Å². The van der Waals surface area contributed by atoms with Crippen LogP contribution in [0.15, 0.2) is 67.0 Å². The van der Waals surface area contributed by atoms with E-state index in [-0.39, 0.29) is 18.3 Å². The lowest BCUT2D eigenvalue weighted by Crippen LogP contribution is -2.24. The van der Waals surface area contributed by atoms with Gasteiger partial charge < -0.3 is 25.3 Å². The summed E-state index contributed by atoms with van der Waals surface area (Å²) < 4.78 is 17.7. The van der Waals surface area contributed by atoms with E-state index in [2.05, 4.69) is 15.4 Å². The Bertz CT molecular complexity index is 1300. The van der Waals surface area contributed by atoms with Crippen LogP contribution in [0.25, 0.3) is 11.3 Å².